The van der Waals surface area contributed by atoms with Crippen LogP contribution in [0.3, 0.4) is 0 Å². The molecule has 2 aromatic heterocycles. The Kier molecular flexibility index (Phi) is 3.98. The molecule has 0 unspecified atom stereocenters. The van der Waals surface area contributed by atoms with Gasteiger partial charge in [0.05, 0.1) is 11.8 Å². The largest absolute Gasteiger partial charge is 0.471 e. The molecule has 0 bridgehead atoms. The van der Waals surface area contributed by atoms with E-state index >= 15 is 0 Å². The Labute approximate surface area is 115 Å². The van der Waals surface area contributed by atoms with Gasteiger partial charge in [0.1, 0.15) is 5.03 Å². The lowest BCUT2D eigenvalue weighted by Gasteiger charge is -2.04. The SMILES string of the molecule is CSc1ncccc1-c1ncc(NC(=O)C(F)(F)F)o1. The van der Waals surface area contributed by atoms with Gasteiger partial charge in [-0.25, -0.2) is 9.97 Å². The van der Waals surface area contributed by atoms with Crippen LogP contribution in [-0.2, 0) is 4.79 Å². The third kappa shape index (κ3) is 3.10. The van der Waals surface area contributed by atoms with Crippen LogP contribution in [0.4, 0.5) is 19.1 Å². The van der Waals surface area contributed by atoms with Crippen molar-refractivity contribution in [2.24, 2.45) is 0 Å². The highest BCUT2D eigenvalue weighted by Crippen LogP contribution is 2.29. The number of hydrogen-bond acceptors (Lipinski definition) is 5. The minimum absolute atomic E-state index is 0.0833. The number of oxazole rings is 1. The van der Waals surface area contributed by atoms with Crippen LogP contribution in [0.15, 0.2) is 34.0 Å². The topological polar surface area (TPSA) is 68.0 Å². The van der Waals surface area contributed by atoms with Crippen molar-refractivity contribution in [3.63, 3.8) is 0 Å². The summed E-state index contributed by atoms with van der Waals surface area (Å²) in [6.07, 6.45) is -0.604. The molecule has 0 atom stereocenters. The van der Waals surface area contributed by atoms with Crippen molar-refractivity contribution in [1.29, 1.82) is 0 Å². The number of pyridine rings is 1. The summed E-state index contributed by atoms with van der Waals surface area (Å²) < 4.78 is 41.4. The van der Waals surface area contributed by atoms with Crippen molar-refractivity contribution in [2.75, 3.05) is 11.6 Å². The standard InChI is InChI=1S/C11H8F3N3O2S/c1-20-9-6(3-2-4-15-9)8-16-5-7(19-8)17-10(18)11(12,13)14/h2-5H,1H3,(H,17,18). The lowest BCUT2D eigenvalue weighted by molar-refractivity contribution is -0.167. The smallest absolute Gasteiger partial charge is 0.420 e. The first-order valence-electron chi connectivity index (χ1n) is 5.25. The van der Waals surface area contributed by atoms with Crippen LogP contribution < -0.4 is 5.32 Å². The average Bonchev–Trinajstić information content (AvgIpc) is 2.86. The number of nitrogens with one attached hydrogen (secondary N) is 1. The maximum Gasteiger partial charge on any atom is 0.471 e. The molecule has 1 N–H and O–H groups in total. The van der Waals surface area contributed by atoms with E-state index in [1.54, 1.807) is 29.9 Å². The van der Waals surface area contributed by atoms with Crippen molar-refractivity contribution < 1.29 is 22.4 Å². The number of carbonyl (C=O) groups is 1. The van der Waals surface area contributed by atoms with Crippen molar-refractivity contribution in [1.82, 2.24) is 9.97 Å². The first-order chi connectivity index (χ1) is 9.41. The van der Waals surface area contributed by atoms with Gasteiger partial charge in [0.25, 0.3) is 0 Å². The van der Waals surface area contributed by atoms with E-state index in [9.17, 15) is 18.0 Å². The van der Waals surface area contributed by atoms with Crippen LogP contribution in [0.5, 0.6) is 0 Å². The molecule has 0 radical (unpaired) electrons. The molecule has 0 aliphatic heterocycles. The van der Waals surface area contributed by atoms with Gasteiger partial charge >= 0.3 is 12.1 Å². The minimum atomic E-state index is -4.98. The van der Waals surface area contributed by atoms with Gasteiger partial charge in [0.15, 0.2) is 0 Å². The molecule has 106 valence electrons. The highest BCUT2D eigenvalue weighted by molar-refractivity contribution is 7.98. The lowest BCUT2D eigenvalue weighted by atomic mass is 10.3. The highest BCUT2D eigenvalue weighted by atomic mass is 32.2. The number of rotatable bonds is 3. The molecule has 0 aliphatic rings. The second kappa shape index (κ2) is 5.53. The zero-order valence-electron chi connectivity index (χ0n) is 10.1. The number of nitrogens with zero attached hydrogens (tertiary/aromatic N) is 2. The first kappa shape index (κ1) is 14.4. The monoisotopic (exact) mass is 303 g/mol. The van der Waals surface area contributed by atoms with Crippen molar-refractivity contribution in [3.8, 4) is 11.5 Å². The number of amides is 1. The molecule has 0 saturated carbocycles. The molecule has 2 rings (SSSR count). The van der Waals surface area contributed by atoms with Crippen LogP contribution in [-0.4, -0.2) is 28.3 Å². The van der Waals surface area contributed by atoms with E-state index in [0.717, 1.165) is 6.20 Å². The summed E-state index contributed by atoms with van der Waals surface area (Å²) in [6, 6.07) is 3.31. The van der Waals surface area contributed by atoms with Crippen molar-refractivity contribution in [2.45, 2.75) is 11.2 Å². The van der Waals surface area contributed by atoms with E-state index in [1.165, 1.54) is 11.8 Å². The Morgan fingerprint density at radius 3 is 2.80 bits per heavy atom. The van der Waals surface area contributed by atoms with E-state index in [1.807, 2.05) is 0 Å². The zero-order valence-corrected chi connectivity index (χ0v) is 10.9. The number of carbonyl (C=O) groups excluding carboxylic acids is 1. The van der Waals surface area contributed by atoms with Crippen molar-refractivity contribution in [3.05, 3.63) is 24.5 Å². The number of hydrogen-bond donors (Lipinski definition) is 1. The summed E-state index contributed by atoms with van der Waals surface area (Å²) in [5, 5.41) is 2.20. The number of alkyl halides is 3. The van der Waals surface area contributed by atoms with Gasteiger partial charge < -0.3 is 4.42 Å². The van der Waals surface area contributed by atoms with Crippen LogP contribution >= 0.6 is 11.8 Å². The quantitative estimate of drug-likeness (QED) is 0.883. The second-order valence-electron chi connectivity index (χ2n) is 3.54. The molecule has 1 amide bonds. The molecular weight excluding hydrogens is 295 g/mol. The summed E-state index contributed by atoms with van der Waals surface area (Å²) in [6.45, 7) is 0. The zero-order chi connectivity index (χ0) is 14.8. The summed E-state index contributed by atoms with van der Waals surface area (Å²) in [4.78, 5) is 18.7. The molecule has 20 heavy (non-hydrogen) atoms. The van der Waals surface area contributed by atoms with E-state index in [4.69, 9.17) is 4.42 Å². The van der Waals surface area contributed by atoms with Gasteiger partial charge in [0, 0.05) is 6.20 Å². The van der Waals surface area contributed by atoms with Crippen LogP contribution in [0.25, 0.3) is 11.5 Å². The molecule has 0 aromatic carbocycles. The fourth-order valence-corrected chi connectivity index (χ4v) is 1.90. The lowest BCUT2D eigenvalue weighted by Crippen LogP contribution is -2.29. The Balaban J connectivity index is 2.23. The molecule has 0 spiro atoms. The maximum absolute atomic E-state index is 12.1. The third-order valence-corrected chi connectivity index (χ3v) is 2.91. The fraction of sp³-hybridized carbons (Fsp3) is 0.182. The van der Waals surface area contributed by atoms with E-state index in [-0.39, 0.29) is 11.8 Å². The van der Waals surface area contributed by atoms with E-state index in [2.05, 4.69) is 9.97 Å². The molecule has 0 saturated heterocycles. The van der Waals surface area contributed by atoms with Gasteiger partial charge in [-0.15, -0.1) is 11.8 Å². The van der Waals surface area contributed by atoms with E-state index < -0.39 is 12.1 Å². The maximum atomic E-state index is 12.1. The third-order valence-electron chi connectivity index (χ3n) is 2.19. The summed E-state index contributed by atoms with van der Waals surface area (Å²) in [5.74, 6) is -2.41. The average molecular weight is 303 g/mol. The molecule has 0 fully saturated rings. The number of anilines is 1. The molecule has 2 heterocycles. The van der Waals surface area contributed by atoms with Crippen LogP contribution in [0.2, 0.25) is 0 Å². The number of halogens is 3. The van der Waals surface area contributed by atoms with Gasteiger partial charge in [-0.2, -0.15) is 13.2 Å². The molecule has 9 heteroatoms. The Hall–Kier alpha value is -2.03. The number of aromatic nitrogens is 2. The van der Waals surface area contributed by atoms with Crippen LogP contribution in [0.1, 0.15) is 0 Å². The van der Waals surface area contributed by atoms with Crippen molar-refractivity contribution >= 4 is 23.6 Å². The summed E-state index contributed by atoms with van der Waals surface area (Å²) >= 11 is 1.34. The molecule has 5 nitrogen and oxygen atoms in total. The summed E-state index contributed by atoms with van der Waals surface area (Å²) in [5.41, 5.74) is 0.535. The predicted octanol–water partition coefficient (Wildman–Crippen LogP) is 2.96. The van der Waals surface area contributed by atoms with Gasteiger partial charge in [0.2, 0.25) is 11.8 Å². The highest BCUT2D eigenvalue weighted by Gasteiger charge is 2.39. The summed E-state index contributed by atoms with van der Waals surface area (Å²) in [7, 11) is 0. The molecule has 0 aliphatic carbocycles. The van der Waals surface area contributed by atoms with E-state index in [0.29, 0.717) is 10.6 Å². The Morgan fingerprint density at radius 1 is 1.40 bits per heavy atom. The Morgan fingerprint density at radius 2 is 2.15 bits per heavy atom. The predicted molar refractivity (Wildman–Crippen MR) is 66.2 cm³/mol. The van der Waals surface area contributed by atoms with Crippen LogP contribution in [0, 0.1) is 0 Å². The fourth-order valence-electron chi connectivity index (χ4n) is 1.36. The molecule has 2 aromatic rings. The second-order valence-corrected chi connectivity index (χ2v) is 4.34. The van der Waals surface area contributed by atoms with Gasteiger partial charge in [-0.05, 0) is 18.4 Å². The minimum Gasteiger partial charge on any atom is -0.420 e. The Bertz CT molecular complexity index is 627. The van der Waals surface area contributed by atoms with Gasteiger partial charge in [-0.3, -0.25) is 10.1 Å². The first-order valence-corrected chi connectivity index (χ1v) is 6.47. The number of thioether (sulfide) groups is 1. The van der Waals surface area contributed by atoms with Gasteiger partial charge in [-0.1, -0.05) is 0 Å². The normalized spacial score (nSPS) is 11.4. The molecular formula is C11H8F3N3O2S.